The predicted octanol–water partition coefficient (Wildman–Crippen LogP) is 2.77. The first-order valence-corrected chi connectivity index (χ1v) is 5.23. The number of thiophene rings is 1. The molecule has 1 rings (SSSR count). The molecule has 1 N–H and O–H groups in total. The molecule has 1 heterocycles. The SMILES string of the molecule is CC(Cc1sccc1Br)C(=O)O. The molecule has 12 heavy (non-hydrogen) atoms. The fourth-order valence-electron chi connectivity index (χ4n) is 0.836. The highest BCUT2D eigenvalue weighted by Gasteiger charge is 2.13. The summed E-state index contributed by atoms with van der Waals surface area (Å²) in [6.45, 7) is 1.72. The molecule has 0 fully saturated rings. The summed E-state index contributed by atoms with van der Waals surface area (Å²) in [4.78, 5) is 11.6. The van der Waals surface area contributed by atoms with Crippen molar-refractivity contribution in [2.45, 2.75) is 13.3 Å². The normalized spacial score (nSPS) is 12.8. The Labute approximate surface area is 83.4 Å². The van der Waals surface area contributed by atoms with Crippen molar-refractivity contribution < 1.29 is 9.90 Å². The van der Waals surface area contributed by atoms with Gasteiger partial charge in [0.05, 0.1) is 5.92 Å². The van der Waals surface area contributed by atoms with Gasteiger partial charge in [0.2, 0.25) is 0 Å². The quantitative estimate of drug-likeness (QED) is 0.894. The van der Waals surface area contributed by atoms with E-state index in [9.17, 15) is 4.79 Å². The zero-order valence-corrected chi connectivity index (χ0v) is 8.98. The maximum absolute atomic E-state index is 10.5. The lowest BCUT2D eigenvalue weighted by Gasteiger charge is -2.03. The largest absolute Gasteiger partial charge is 0.481 e. The van der Waals surface area contributed by atoms with Crippen LogP contribution >= 0.6 is 27.3 Å². The summed E-state index contributed by atoms with van der Waals surface area (Å²) >= 11 is 4.95. The fourth-order valence-corrected chi connectivity index (χ4v) is 2.48. The lowest BCUT2D eigenvalue weighted by molar-refractivity contribution is -0.141. The van der Waals surface area contributed by atoms with Gasteiger partial charge in [0.1, 0.15) is 0 Å². The first kappa shape index (κ1) is 9.74. The molecular weight excluding hydrogens is 240 g/mol. The Balaban J connectivity index is 2.64. The lowest BCUT2D eigenvalue weighted by Crippen LogP contribution is -2.11. The van der Waals surface area contributed by atoms with Crippen LogP contribution in [0, 0.1) is 5.92 Å². The molecule has 0 aliphatic rings. The lowest BCUT2D eigenvalue weighted by atomic mass is 10.1. The monoisotopic (exact) mass is 248 g/mol. The van der Waals surface area contributed by atoms with E-state index in [4.69, 9.17) is 5.11 Å². The molecule has 0 saturated carbocycles. The number of carboxylic acids is 1. The standard InChI is InChI=1S/C8H9BrO2S/c1-5(8(10)11)4-7-6(9)2-3-12-7/h2-3,5H,4H2,1H3,(H,10,11). The molecule has 1 aromatic rings. The van der Waals surface area contributed by atoms with Gasteiger partial charge in [0, 0.05) is 9.35 Å². The summed E-state index contributed by atoms with van der Waals surface area (Å²) in [5, 5.41) is 10.6. The third-order valence-electron chi connectivity index (χ3n) is 1.60. The molecule has 0 saturated heterocycles. The van der Waals surface area contributed by atoms with Crippen molar-refractivity contribution in [2.75, 3.05) is 0 Å². The number of aliphatic carboxylic acids is 1. The maximum atomic E-state index is 10.5. The predicted molar refractivity (Wildman–Crippen MR) is 52.5 cm³/mol. The minimum Gasteiger partial charge on any atom is -0.481 e. The van der Waals surface area contributed by atoms with E-state index < -0.39 is 5.97 Å². The van der Waals surface area contributed by atoms with Gasteiger partial charge < -0.3 is 5.11 Å². The smallest absolute Gasteiger partial charge is 0.306 e. The van der Waals surface area contributed by atoms with Gasteiger partial charge in [-0.05, 0) is 33.8 Å². The van der Waals surface area contributed by atoms with Gasteiger partial charge in [-0.15, -0.1) is 11.3 Å². The van der Waals surface area contributed by atoms with Gasteiger partial charge in [0.15, 0.2) is 0 Å². The molecule has 66 valence electrons. The van der Waals surface area contributed by atoms with Crippen LogP contribution in [0.1, 0.15) is 11.8 Å². The summed E-state index contributed by atoms with van der Waals surface area (Å²) < 4.78 is 1.01. The Morgan fingerprint density at radius 3 is 2.92 bits per heavy atom. The molecule has 2 nitrogen and oxygen atoms in total. The molecule has 0 bridgehead atoms. The molecule has 0 spiro atoms. The van der Waals surface area contributed by atoms with E-state index in [0.717, 1.165) is 9.35 Å². The van der Waals surface area contributed by atoms with Gasteiger partial charge in [-0.25, -0.2) is 0 Å². The second-order valence-corrected chi connectivity index (χ2v) is 4.49. The van der Waals surface area contributed by atoms with Gasteiger partial charge in [0.25, 0.3) is 0 Å². The second-order valence-electron chi connectivity index (χ2n) is 2.64. The van der Waals surface area contributed by atoms with Crippen molar-refractivity contribution in [2.24, 2.45) is 5.92 Å². The first-order valence-electron chi connectivity index (χ1n) is 3.56. The summed E-state index contributed by atoms with van der Waals surface area (Å²) in [5.41, 5.74) is 0. The van der Waals surface area contributed by atoms with Crippen LogP contribution in [-0.2, 0) is 11.2 Å². The van der Waals surface area contributed by atoms with Crippen molar-refractivity contribution in [3.8, 4) is 0 Å². The Kier molecular flexibility index (Phi) is 3.29. The molecule has 4 heteroatoms. The third kappa shape index (κ3) is 2.32. The van der Waals surface area contributed by atoms with Crippen LogP contribution in [0.3, 0.4) is 0 Å². The van der Waals surface area contributed by atoms with E-state index in [1.807, 2.05) is 11.4 Å². The van der Waals surface area contributed by atoms with E-state index in [0.29, 0.717) is 6.42 Å². The minimum atomic E-state index is -0.740. The van der Waals surface area contributed by atoms with Crippen LogP contribution in [0.2, 0.25) is 0 Å². The Bertz CT molecular complexity index is 282. The van der Waals surface area contributed by atoms with Gasteiger partial charge in [-0.3, -0.25) is 4.79 Å². The van der Waals surface area contributed by atoms with Crippen LogP contribution in [-0.4, -0.2) is 11.1 Å². The van der Waals surface area contributed by atoms with Gasteiger partial charge in [-0.1, -0.05) is 6.92 Å². The Morgan fingerprint density at radius 1 is 1.83 bits per heavy atom. The highest BCUT2D eigenvalue weighted by Crippen LogP contribution is 2.25. The molecule has 0 aliphatic heterocycles. The van der Waals surface area contributed by atoms with Gasteiger partial charge in [-0.2, -0.15) is 0 Å². The molecule has 1 aromatic heterocycles. The zero-order chi connectivity index (χ0) is 9.14. The highest BCUT2D eigenvalue weighted by atomic mass is 79.9. The molecule has 0 radical (unpaired) electrons. The minimum absolute atomic E-state index is 0.306. The number of hydrogen-bond acceptors (Lipinski definition) is 2. The second kappa shape index (κ2) is 4.05. The number of halogens is 1. The molecule has 0 amide bonds. The van der Waals surface area contributed by atoms with E-state index >= 15 is 0 Å². The topological polar surface area (TPSA) is 37.3 Å². The van der Waals surface area contributed by atoms with Crippen LogP contribution in [0.5, 0.6) is 0 Å². The molecule has 0 aromatic carbocycles. The van der Waals surface area contributed by atoms with Crippen molar-refractivity contribution in [3.63, 3.8) is 0 Å². The van der Waals surface area contributed by atoms with Crippen LogP contribution in [0.15, 0.2) is 15.9 Å². The van der Waals surface area contributed by atoms with Crippen molar-refractivity contribution in [1.29, 1.82) is 0 Å². The van der Waals surface area contributed by atoms with E-state index in [-0.39, 0.29) is 5.92 Å². The Morgan fingerprint density at radius 2 is 2.50 bits per heavy atom. The number of carboxylic acid groups (broad SMARTS) is 1. The zero-order valence-electron chi connectivity index (χ0n) is 6.58. The molecular formula is C8H9BrO2S. The fraction of sp³-hybridized carbons (Fsp3) is 0.375. The number of hydrogen-bond donors (Lipinski definition) is 1. The van der Waals surface area contributed by atoms with Crippen LogP contribution in [0.4, 0.5) is 0 Å². The molecule has 0 aliphatic carbocycles. The summed E-state index contributed by atoms with van der Waals surface area (Å²) in [7, 11) is 0. The van der Waals surface area contributed by atoms with Crippen LogP contribution < -0.4 is 0 Å². The van der Waals surface area contributed by atoms with Crippen LogP contribution in [0.25, 0.3) is 0 Å². The van der Waals surface area contributed by atoms with Crippen molar-refractivity contribution in [3.05, 3.63) is 20.8 Å². The van der Waals surface area contributed by atoms with E-state index in [1.54, 1.807) is 18.3 Å². The highest BCUT2D eigenvalue weighted by molar-refractivity contribution is 9.10. The molecule has 1 unspecified atom stereocenters. The number of rotatable bonds is 3. The van der Waals surface area contributed by atoms with Crippen molar-refractivity contribution >= 4 is 33.2 Å². The maximum Gasteiger partial charge on any atom is 0.306 e. The Hall–Kier alpha value is -0.350. The summed E-state index contributed by atoms with van der Waals surface area (Å²) in [5.74, 6) is -1.05. The molecule has 1 atom stereocenters. The average molecular weight is 249 g/mol. The number of carbonyl (C=O) groups is 1. The first-order chi connectivity index (χ1) is 5.61. The summed E-state index contributed by atoms with van der Waals surface area (Å²) in [6.07, 6.45) is 0.605. The third-order valence-corrected chi connectivity index (χ3v) is 3.55. The van der Waals surface area contributed by atoms with Gasteiger partial charge >= 0.3 is 5.97 Å². The summed E-state index contributed by atoms with van der Waals surface area (Å²) in [6, 6.07) is 1.94. The van der Waals surface area contributed by atoms with E-state index in [1.165, 1.54) is 0 Å². The van der Waals surface area contributed by atoms with E-state index in [2.05, 4.69) is 15.9 Å². The van der Waals surface area contributed by atoms with Crippen molar-refractivity contribution in [1.82, 2.24) is 0 Å². The average Bonchev–Trinajstić information content (AvgIpc) is 2.36.